The lowest BCUT2D eigenvalue weighted by molar-refractivity contribution is -0.387. The van der Waals surface area contributed by atoms with E-state index in [1.54, 1.807) is 18.2 Å². The molecule has 0 bridgehead atoms. The van der Waals surface area contributed by atoms with Crippen molar-refractivity contribution in [2.24, 2.45) is 0 Å². The van der Waals surface area contributed by atoms with Gasteiger partial charge in [-0.3, -0.25) is 14.8 Å². The first-order valence-electron chi connectivity index (χ1n) is 5.83. The van der Waals surface area contributed by atoms with Crippen LogP contribution in [0.3, 0.4) is 0 Å². The minimum Gasteiger partial charge on any atom is -0.279 e. The fourth-order valence-corrected chi connectivity index (χ4v) is 3.53. The number of benzene rings is 2. The summed E-state index contributed by atoms with van der Waals surface area (Å²) in [7, 11) is -4.05. The topological polar surface area (TPSA) is 89.3 Å². The zero-order chi connectivity index (χ0) is 15.6. The highest BCUT2D eigenvalue weighted by atomic mass is 79.9. The van der Waals surface area contributed by atoms with Gasteiger partial charge in [-0.1, -0.05) is 28.1 Å². The molecule has 8 heteroatoms. The van der Waals surface area contributed by atoms with Crippen LogP contribution < -0.4 is 4.72 Å². The maximum atomic E-state index is 12.4. The number of rotatable bonds is 4. The number of hydrogen-bond acceptors (Lipinski definition) is 4. The van der Waals surface area contributed by atoms with Crippen molar-refractivity contribution in [3.05, 3.63) is 62.6 Å². The number of nitro groups is 1. The molecule has 6 nitrogen and oxygen atoms in total. The Balaban J connectivity index is 2.49. The van der Waals surface area contributed by atoms with Gasteiger partial charge in [0.2, 0.25) is 0 Å². The Labute approximate surface area is 130 Å². The lowest BCUT2D eigenvalue weighted by Gasteiger charge is -2.09. The van der Waals surface area contributed by atoms with Gasteiger partial charge in [0.05, 0.1) is 4.92 Å². The van der Waals surface area contributed by atoms with Gasteiger partial charge in [0.15, 0.2) is 4.90 Å². The average Bonchev–Trinajstić information content (AvgIpc) is 2.37. The number of halogens is 1. The van der Waals surface area contributed by atoms with E-state index in [9.17, 15) is 18.5 Å². The van der Waals surface area contributed by atoms with Gasteiger partial charge in [-0.05, 0) is 36.8 Å². The number of nitro benzene ring substituents is 1. The van der Waals surface area contributed by atoms with Gasteiger partial charge < -0.3 is 0 Å². The number of sulfonamides is 1. The molecule has 2 rings (SSSR count). The lowest BCUT2D eigenvalue weighted by atomic mass is 10.2. The van der Waals surface area contributed by atoms with Gasteiger partial charge in [-0.25, -0.2) is 8.42 Å². The second-order valence-corrected chi connectivity index (χ2v) is 6.91. The predicted molar refractivity (Wildman–Crippen MR) is 82.8 cm³/mol. The summed E-state index contributed by atoms with van der Waals surface area (Å²) in [6.45, 7) is 1.82. The van der Waals surface area contributed by atoms with Crippen molar-refractivity contribution >= 4 is 37.3 Å². The Hall–Kier alpha value is -1.93. The lowest BCUT2D eigenvalue weighted by Crippen LogP contribution is -2.14. The molecule has 0 aliphatic carbocycles. The number of nitrogens with one attached hydrogen (secondary N) is 1. The van der Waals surface area contributed by atoms with Gasteiger partial charge in [-0.2, -0.15) is 0 Å². The van der Waals surface area contributed by atoms with E-state index in [4.69, 9.17) is 0 Å². The predicted octanol–water partition coefficient (Wildman–Crippen LogP) is 3.47. The monoisotopic (exact) mass is 370 g/mol. The van der Waals surface area contributed by atoms with Crippen LogP contribution in [0, 0.1) is 17.0 Å². The molecule has 21 heavy (non-hydrogen) atoms. The van der Waals surface area contributed by atoms with Crippen LogP contribution in [0.25, 0.3) is 0 Å². The number of anilines is 1. The molecule has 2 aromatic rings. The molecule has 0 aliphatic rings. The highest BCUT2D eigenvalue weighted by molar-refractivity contribution is 9.10. The molecule has 0 amide bonds. The maximum Gasteiger partial charge on any atom is 0.289 e. The minimum absolute atomic E-state index is 0.351. The standard InChI is InChI=1S/C13H11BrN2O4S/c1-9-3-2-4-11(7-9)15-21(19,20)13-8-10(14)5-6-12(13)16(17)18/h2-8,15H,1H3. The van der Waals surface area contributed by atoms with Crippen molar-refractivity contribution in [3.8, 4) is 0 Å². The van der Waals surface area contributed by atoms with E-state index >= 15 is 0 Å². The van der Waals surface area contributed by atoms with E-state index in [-0.39, 0.29) is 4.90 Å². The van der Waals surface area contributed by atoms with E-state index in [1.807, 2.05) is 13.0 Å². The van der Waals surface area contributed by atoms with Gasteiger partial charge >= 0.3 is 0 Å². The molecule has 0 spiro atoms. The van der Waals surface area contributed by atoms with Crippen LogP contribution >= 0.6 is 15.9 Å². The fraction of sp³-hybridized carbons (Fsp3) is 0.0769. The summed E-state index contributed by atoms with van der Waals surface area (Å²) in [5, 5.41) is 11.0. The summed E-state index contributed by atoms with van der Waals surface area (Å²) in [6, 6.07) is 10.5. The third-order valence-corrected chi connectivity index (χ3v) is 4.58. The molecule has 0 saturated heterocycles. The number of aryl methyl sites for hydroxylation is 1. The largest absolute Gasteiger partial charge is 0.289 e. The Kier molecular flexibility index (Phi) is 4.29. The quantitative estimate of drug-likeness (QED) is 0.658. The normalized spacial score (nSPS) is 11.1. The molecular formula is C13H11BrN2O4S. The summed E-state index contributed by atoms with van der Waals surface area (Å²) in [5.41, 5.74) is 0.751. The molecular weight excluding hydrogens is 360 g/mol. The van der Waals surface area contributed by atoms with E-state index in [0.29, 0.717) is 10.2 Å². The van der Waals surface area contributed by atoms with Crippen LogP contribution in [0.2, 0.25) is 0 Å². The molecule has 0 aromatic heterocycles. The molecule has 0 unspecified atom stereocenters. The van der Waals surface area contributed by atoms with Crippen LogP contribution in [0.1, 0.15) is 5.56 Å². The summed E-state index contributed by atoms with van der Waals surface area (Å²) >= 11 is 3.12. The Bertz CT molecular complexity index is 806. The zero-order valence-corrected chi connectivity index (χ0v) is 13.3. The molecule has 0 heterocycles. The second-order valence-electron chi connectivity index (χ2n) is 4.34. The summed E-state index contributed by atoms with van der Waals surface area (Å²) in [4.78, 5) is 9.87. The van der Waals surface area contributed by atoms with Crippen LogP contribution in [-0.2, 0) is 10.0 Å². The van der Waals surface area contributed by atoms with E-state index in [1.165, 1.54) is 12.1 Å². The van der Waals surface area contributed by atoms with Gasteiger partial charge in [0.25, 0.3) is 15.7 Å². The summed E-state index contributed by atoms with van der Waals surface area (Å²) in [6.07, 6.45) is 0. The van der Waals surface area contributed by atoms with Crippen LogP contribution in [-0.4, -0.2) is 13.3 Å². The molecule has 0 radical (unpaired) electrons. The van der Waals surface area contributed by atoms with Crippen LogP contribution in [0.15, 0.2) is 51.8 Å². The van der Waals surface area contributed by atoms with Crippen molar-refractivity contribution < 1.29 is 13.3 Å². The highest BCUT2D eigenvalue weighted by Gasteiger charge is 2.26. The highest BCUT2D eigenvalue weighted by Crippen LogP contribution is 2.28. The molecule has 110 valence electrons. The maximum absolute atomic E-state index is 12.4. The molecule has 0 fully saturated rings. The van der Waals surface area contributed by atoms with Crippen LogP contribution in [0.5, 0.6) is 0 Å². The molecule has 0 aliphatic heterocycles. The van der Waals surface area contributed by atoms with Crippen LogP contribution in [0.4, 0.5) is 11.4 Å². The number of hydrogen-bond donors (Lipinski definition) is 1. The van der Waals surface area contributed by atoms with E-state index < -0.39 is 20.6 Å². The molecule has 0 saturated carbocycles. The molecule has 2 aromatic carbocycles. The van der Waals surface area contributed by atoms with Crippen molar-refractivity contribution in [1.29, 1.82) is 0 Å². The van der Waals surface area contributed by atoms with Gasteiger partial charge in [0, 0.05) is 16.2 Å². The Morgan fingerprint density at radius 2 is 1.90 bits per heavy atom. The first kappa shape index (κ1) is 15.5. The summed E-state index contributed by atoms with van der Waals surface area (Å²) < 4.78 is 27.5. The van der Waals surface area contributed by atoms with Gasteiger partial charge in [0.1, 0.15) is 0 Å². The van der Waals surface area contributed by atoms with E-state index in [2.05, 4.69) is 20.7 Å². The van der Waals surface area contributed by atoms with Crippen molar-refractivity contribution in [2.45, 2.75) is 11.8 Å². The van der Waals surface area contributed by atoms with Crippen molar-refractivity contribution in [2.75, 3.05) is 4.72 Å². The second kappa shape index (κ2) is 5.82. The SMILES string of the molecule is Cc1cccc(NS(=O)(=O)c2cc(Br)ccc2[N+](=O)[O-])c1. The summed E-state index contributed by atoms with van der Waals surface area (Å²) in [5.74, 6) is 0. The third kappa shape index (κ3) is 3.59. The third-order valence-electron chi connectivity index (χ3n) is 2.68. The minimum atomic E-state index is -4.05. The van der Waals surface area contributed by atoms with Crippen molar-refractivity contribution in [1.82, 2.24) is 0 Å². The van der Waals surface area contributed by atoms with Gasteiger partial charge in [-0.15, -0.1) is 0 Å². The van der Waals surface area contributed by atoms with E-state index in [0.717, 1.165) is 11.6 Å². The fourth-order valence-electron chi connectivity index (χ4n) is 1.77. The Morgan fingerprint density at radius 3 is 2.52 bits per heavy atom. The first-order valence-corrected chi connectivity index (χ1v) is 8.10. The Morgan fingerprint density at radius 1 is 1.19 bits per heavy atom. The molecule has 0 atom stereocenters. The average molecular weight is 371 g/mol. The molecule has 1 N–H and O–H groups in total. The first-order chi connectivity index (χ1) is 9.79. The smallest absolute Gasteiger partial charge is 0.279 e. The van der Waals surface area contributed by atoms with Crippen molar-refractivity contribution in [3.63, 3.8) is 0 Å². The zero-order valence-electron chi connectivity index (χ0n) is 10.9. The number of nitrogens with zero attached hydrogens (tertiary/aromatic N) is 1.